The van der Waals surface area contributed by atoms with Gasteiger partial charge in [-0.25, -0.2) is 4.98 Å². The molecule has 0 atom stereocenters. The number of rotatable bonds is 3. The minimum absolute atomic E-state index is 0.166. The highest BCUT2D eigenvalue weighted by atomic mass is 32.1. The third kappa shape index (κ3) is 3.60. The van der Waals surface area contributed by atoms with E-state index in [-0.39, 0.29) is 12.5 Å². The molecule has 0 spiro atoms. The molecule has 0 saturated heterocycles. The van der Waals surface area contributed by atoms with Gasteiger partial charge in [0.15, 0.2) is 0 Å². The van der Waals surface area contributed by atoms with Crippen LogP contribution in [0.3, 0.4) is 0 Å². The lowest BCUT2D eigenvalue weighted by Crippen LogP contribution is -2.38. The molecular weight excluding hydrogens is 212 g/mol. The standard InChI is InChI=1S/C10H16N2O2S/c1-6-8(15-7(2)12-6)9(13)11-5-10(3,4)14/h14H,5H2,1-4H3,(H,11,13). The molecule has 0 bridgehead atoms. The maximum Gasteiger partial charge on any atom is 0.263 e. The van der Waals surface area contributed by atoms with Gasteiger partial charge in [-0.3, -0.25) is 4.79 Å². The SMILES string of the molecule is Cc1nc(C)c(C(=O)NCC(C)(C)O)s1. The Morgan fingerprint density at radius 2 is 2.13 bits per heavy atom. The molecule has 0 unspecified atom stereocenters. The molecule has 1 heterocycles. The summed E-state index contributed by atoms with van der Waals surface area (Å²) in [5, 5.41) is 13.0. The lowest BCUT2D eigenvalue weighted by Gasteiger charge is -2.17. The van der Waals surface area contributed by atoms with Crippen LogP contribution in [0, 0.1) is 13.8 Å². The first-order chi connectivity index (χ1) is 6.79. The van der Waals surface area contributed by atoms with Crippen LogP contribution in [0.25, 0.3) is 0 Å². The Labute approximate surface area is 93.4 Å². The van der Waals surface area contributed by atoms with Gasteiger partial charge in [0.25, 0.3) is 5.91 Å². The number of thiazole rings is 1. The fraction of sp³-hybridized carbons (Fsp3) is 0.600. The highest BCUT2D eigenvalue weighted by Crippen LogP contribution is 2.16. The number of hydrogen-bond acceptors (Lipinski definition) is 4. The second-order valence-electron chi connectivity index (χ2n) is 4.14. The van der Waals surface area contributed by atoms with E-state index in [1.54, 1.807) is 13.8 Å². The number of amides is 1. The third-order valence-electron chi connectivity index (χ3n) is 1.79. The Hall–Kier alpha value is -0.940. The van der Waals surface area contributed by atoms with Crippen LogP contribution in [0.4, 0.5) is 0 Å². The number of nitrogens with one attached hydrogen (secondary N) is 1. The van der Waals surface area contributed by atoms with Gasteiger partial charge >= 0.3 is 0 Å². The lowest BCUT2D eigenvalue weighted by atomic mass is 10.1. The van der Waals surface area contributed by atoms with Crippen LogP contribution in [0.15, 0.2) is 0 Å². The molecule has 0 aliphatic rings. The Morgan fingerprint density at radius 1 is 1.53 bits per heavy atom. The van der Waals surface area contributed by atoms with Crippen molar-refractivity contribution in [3.8, 4) is 0 Å². The van der Waals surface area contributed by atoms with Crippen molar-refractivity contribution in [3.63, 3.8) is 0 Å². The molecule has 2 N–H and O–H groups in total. The summed E-state index contributed by atoms with van der Waals surface area (Å²) in [6, 6.07) is 0. The van der Waals surface area contributed by atoms with Crippen molar-refractivity contribution in [2.75, 3.05) is 6.54 Å². The van der Waals surface area contributed by atoms with Gasteiger partial charge in [0.2, 0.25) is 0 Å². The van der Waals surface area contributed by atoms with E-state index in [4.69, 9.17) is 0 Å². The van der Waals surface area contributed by atoms with Crippen molar-refractivity contribution in [1.29, 1.82) is 0 Å². The summed E-state index contributed by atoms with van der Waals surface area (Å²) in [5.74, 6) is -0.166. The van der Waals surface area contributed by atoms with E-state index in [0.29, 0.717) is 4.88 Å². The first-order valence-electron chi connectivity index (χ1n) is 4.74. The molecule has 15 heavy (non-hydrogen) atoms. The predicted molar refractivity (Wildman–Crippen MR) is 60.2 cm³/mol. The largest absolute Gasteiger partial charge is 0.389 e. The molecule has 4 nitrogen and oxygen atoms in total. The minimum atomic E-state index is -0.886. The molecule has 0 aliphatic heterocycles. The molecule has 1 rings (SSSR count). The normalized spacial score (nSPS) is 11.5. The van der Waals surface area contributed by atoms with Gasteiger partial charge in [-0.05, 0) is 27.7 Å². The Kier molecular flexibility index (Phi) is 3.46. The number of aliphatic hydroxyl groups is 1. The van der Waals surface area contributed by atoms with Crippen LogP contribution in [0.5, 0.6) is 0 Å². The number of aromatic nitrogens is 1. The van der Waals surface area contributed by atoms with E-state index in [2.05, 4.69) is 10.3 Å². The van der Waals surface area contributed by atoms with Crippen LogP contribution in [0.1, 0.15) is 34.2 Å². The molecule has 84 valence electrons. The lowest BCUT2D eigenvalue weighted by molar-refractivity contribution is 0.0696. The first-order valence-corrected chi connectivity index (χ1v) is 5.56. The van der Waals surface area contributed by atoms with E-state index < -0.39 is 5.60 Å². The second kappa shape index (κ2) is 4.28. The van der Waals surface area contributed by atoms with E-state index >= 15 is 0 Å². The van der Waals surface area contributed by atoms with Crippen molar-refractivity contribution in [2.45, 2.75) is 33.3 Å². The summed E-state index contributed by atoms with van der Waals surface area (Å²) in [5.41, 5.74) is -0.144. The molecule has 0 aromatic carbocycles. The quantitative estimate of drug-likeness (QED) is 0.818. The summed E-state index contributed by atoms with van der Waals surface area (Å²) in [6.07, 6.45) is 0. The second-order valence-corrected chi connectivity index (χ2v) is 5.35. The van der Waals surface area contributed by atoms with Crippen LogP contribution < -0.4 is 5.32 Å². The number of nitrogens with zero attached hydrogens (tertiary/aromatic N) is 1. The summed E-state index contributed by atoms with van der Waals surface area (Å²) in [4.78, 5) is 16.5. The third-order valence-corrected chi connectivity index (χ3v) is 2.86. The van der Waals surface area contributed by atoms with Crippen LogP contribution in [-0.2, 0) is 0 Å². The fourth-order valence-electron chi connectivity index (χ4n) is 1.12. The first kappa shape index (κ1) is 12.1. The average molecular weight is 228 g/mol. The zero-order valence-electron chi connectivity index (χ0n) is 9.42. The Morgan fingerprint density at radius 3 is 2.53 bits per heavy atom. The zero-order chi connectivity index (χ0) is 11.6. The predicted octanol–water partition coefficient (Wildman–Crippen LogP) is 1.26. The maximum atomic E-state index is 11.7. The maximum absolute atomic E-state index is 11.7. The Balaban J connectivity index is 2.66. The van der Waals surface area contributed by atoms with Crippen LogP contribution in [-0.4, -0.2) is 28.1 Å². The van der Waals surface area contributed by atoms with Crippen LogP contribution >= 0.6 is 11.3 Å². The van der Waals surface area contributed by atoms with Crippen molar-refractivity contribution in [2.24, 2.45) is 0 Å². The van der Waals surface area contributed by atoms with E-state index in [0.717, 1.165) is 10.7 Å². The van der Waals surface area contributed by atoms with Crippen LogP contribution in [0.2, 0.25) is 0 Å². The smallest absolute Gasteiger partial charge is 0.263 e. The van der Waals surface area contributed by atoms with E-state index in [9.17, 15) is 9.90 Å². The molecule has 1 aromatic rings. The minimum Gasteiger partial charge on any atom is -0.389 e. The number of hydrogen-bond donors (Lipinski definition) is 2. The molecule has 0 fully saturated rings. The highest BCUT2D eigenvalue weighted by Gasteiger charge is 2.17. The molecule has 1 amide bonds. The summed E-state index contributed by atoms with van der Waals surface area (Å²) in [6.45, 7) is 7.21. The molecule has 5 heteroatoms. The average Bonchev–Trinajstić information content (AvgIpc) is 2.40. The molecule has 0 aliphatic carbocycles. The molecule has 0 saturated carbocycles. The monoisotopic (exact) mass is 228 g/mol. The molecule has 1 aromatic heterocycles. The van der Waals surface area contributed by atoms with Gasteiger partial charge in [-0.15, -0.1) is 11.3 Å². The summed E-state index contributed by atoms with van der Waals surface area (Å²) in [7, 11) is 0. The van der Waals surface area contributed by atoms with E-state index in [1.807, 2.05) is 13.8 Å². The number of aryl methyl sites for hydroxylation is 2. The van der Waals surface area contributed by atoms with Gasteiger partial charge in [0, 0.05) is 6.54 Å². The van der Waals surface area contributed by atoms with E-state index in [1.165, 1.54) is 11.3 Å². The van der Waals surface area contributed by atoms with Gasteiger partial charge in [0.1, 0.15) is 4.88 Å². The number of carbonyl (C=O) groups is 1. The van der Waals surface area contributed by atoms with Gasteiger partial charge < -0.3 is 10.4 Å². The topological polar surface area (TPSA) is 62.2 Å². The van der Waals surface area contributed by atoms with Gasteiger partial charge in [-0.2, -0.15) is 0 Å². The number of carbonyl (C=O) groups excluding carboxylic acids is 1. The van der Waals surface area contributed by atoms with Crippen molar-refractivity contribution < 1.29 is 9.90 Å². The van der Waals surface area contributed by atoms with Gasteiger partial charge in [0.05, 0.1) is 16.3 Å². The zero-order valence-corrected chi connectivity index (χ0v) is 10.2. The summed E-state index contributed by atoms with van der Waals surface area (Å²) < 4.78 is 0. The summed E-state index contributed by atoms with van der Waals surface area (Å²) >= 11 is 1.37. The molecule has 0 radical (unpaired) electrons. The highest BCUT2D eigenvalue weighted by molar-refractivity contribution is 7.13. The molecular formula is C10H16N2O2S. The fourth-order valence-corrected chi connectivity index (χ4v) is 1.96. The Bertz CT molecular complexity index is 366. The van der Waals surface area contributed by atoms with Crippen molar-refractivity contribution in [1.82, 2.24) is 10.3 Å². The van der Waals surface area contributed by atoms with Crippen molar-refractivity contribution >= 4 is 17.2 Å². The van der Waals surface area contributed by atoms with Crippen molar-refractivity contribution in [3.05, 3.63) is 15.6 Å². The van der Waals surface area contributed by atoms with Gasteiger partial charge in [-0.1, -0.05) is 0 Å².